The smallest absolute Gasteiger partial charge is 0.0932 e. The lowest BCUT2D eigenvalue weighted by Crippen LogP contribution is -1.69. The number of H-pyrrole nitrogens is 1. The molecule has 10 heavy (non-hydrogen) atoms. The van der Waals surface area contributed by atoms with Gasteiger partial charge in [-0.05, 0) is 17.6 Å². The molecule has 5 heteroatoms. The Bertz CT molecular complexity index is 253. The van der Waals surface area contributed by atoms with Crippen molar-refractivity contribution in [2.75, 3.05) is 0 Å². The van der Waals surface area contributed by atoms with E-state index in [1.54, 1.807) is 12.4 Å². The van der Waals surface area contributed by atoms with Crippen LogP contribution in [0.15, 0.2) is 18.5 Å². The van der Waals surface area contributed by atoms with Gasteiger partial charge >= 0.3 is 0 Å². The number of aromatic amines is 1. The largest absolute Gasteiger partial charge is 0.277 e. The molecule has 0 aliphatic heterocycles. The molecule has 0 aliphatic rings. The molecule has 0 bridgehead atoms. The highest BCUT2D eigenvalue weighted by Gasteiger charge is 1.98. The molecule has 50 valence electrons. The number of nitrogens with one attached hydrogen (secondary N) is 1. The van der Waals surface area contributed by atoms with Crippen LogP contribution >= 0.6 is 11.5 Å². The van der Waals surface area contributed by atoms with Crippen molar-refractivity contribution in [3.8, 4) is 10.6 Å². The fourth-order valence-corrected chi connectivity index (χ4v) is 1.17. The molecule has 0 aromatic carbocycles. The summed E-state index contributed by atoms with van der Waals surface area (Å²) in [7, 11) is 0. The summed E-state index contributed by atoms with van der Waals surface area (Å²) in [5, 5.41) is 10.3. The third kappa shape index (κ3) is 0.801. The highest BCUT2D eigenvalue weighted by molar-refractivity contribution is 7.09. The van der Waals surface area contributed by atoms with Gasteiger partial charge in [0.15, 0.2) is 0 Å². The van der Waals surface area contributed by atoms with Crippen LogP contribution in [0, 0.1) is 0 Å². The average molecular weight is 152 g/mol. The van der Waals surface area contributed by atoms with Gasteiger partial charge in [-0.15, -0.1) is 5.10 Å². The summed E-state index contributed by atoms with van der Waals surface area (Å²) in [4.78, 5) is 1.01. The van der Waals surface area contributed by atoms with Gasteiger partial charge in [-0.25, -0.2) is 0 Å². The Hall–Kier alpha value is -1.23. The zero-order valence-electron chi connectivity index (χ0n) is 4.98. The molecule has 0 fully saturated rings. The standard InChI is InChI=1S/C5H4N4S/c1-2-6-8-4(1)5-3-7-9-10-5/h1-3H,(H,6,8). The molecule has 0 saturated carbocycles. The van der Waals surface area contributed by atoms with Gasteiger partial charge in [0.1, 0.15) is 0 Å². The summed E-state index contributed by atoms with van der Waals surface area (Å²) in [6.45, 7) is 0. The number of rotatable bonds is 1. The van der Waals surface area contributed by atoms with Crippen molar-refractivity contribution < 1.29 is 0 Å². The van der Waals surface area contributed by atoms with Crippen LogP contribution in [0.2, 0.25) is 0 Å². The second kappa shape index (κ2) is 2.18. The van der Waals surface area contributed by atoms with E-state index in [-0.39, 0.29) is 0 Å². The molecule has 4 nitrogen and oxygen atoms in total. The lowest BCUT2D eigenvalue weighted by Gasteiger charge is -1.82. The molecule has 0 atom stereocenters. The molecule has 2 rings (SSSR count). The summed E-state index contributed by atoms with van der Waals surface area (Å²) in [5.41, 5.74) is 0.968. The highest BCUT2D eigenvalue weighted by Crippen LogP contribution is 2.17. The first-order chi connectivity index (χ1) is 4.97. The fraction of sp³-hybridized carbons (Fsp3) is 0. The quantitative estimate of drug-likeness (QED) is 0.661. The Morgan fingerprint density at radius 1 is 1.50 bits per heavy atom. The minimum atomic E-state index is 0.968. The van der Waals surface area contributed by atoms with E-state index in [2.05, 4.69) is 19.8 Å². The molecule has 0 saturated heterocycles. The predicted molar refractivity (Wildman–Crippen MR) is 37.5 cm³/mol. The third-order valence-electron chi connectivity index (χ3n) is 1.13. The lowest BCUT2D eigenvalue weighted by atomic mass is 10.4. The van der Waals surface area contributed by atoms with Gasteiger partial charge in [-0.1, -0.05) is 4.49 Å². The van der Waals surface area contributed by atoms with E-state index < -0.39 is 0 Å². The Balaban J connectivity index is 2.48. The van der Waals surface area contributed by atoms with E-state index in [0.29, 0.717) is 0 Å². The van der Waals surface area contributed by atoms with E-state index in [4.69, 9.17) is 0 Å². The summed E-state index contributed by atoms with van der Waals surface area (Å²) >= 11 is 1.35. The van der Waals surface area contributed by atoms with E-state index in [9.17, 15) is 0 Å². The van der Waals surface area contributed by atoms with Crippen molar-refractivity contribution in [1.82, 2.24) is 19.8 Å². The van der Waals surface area contributed by atoms with Crippen LogP contribution in [0.3, 0.4) is 0 Å². The lowest BCUT2D eigenvalue weighted by molar-refractivity contribution is 1.10. The second-order valence-electron chi connectivity index (χ2n) is 1.75. The molecule has 0 radical (unpaired) electrons. The molecule has 2 heterocycles. The average Bonchev–Trinajstić information content (AvgIpc) is 2.59. The van der Waals surface area contributed by atoms with Crippen LogP contribution in [0.1, 0.15) is 0 Å². The van der Waals surface area contributed by atoms with Gasteiger partial charge in [0.2, 0.25) is 0 Å². The minimum absolute atomic E-state index is 0.968. The van der Waals surface area contributed by atoms with Crippen LogP contribution in [0.4, 0.5) is 0 Å². The van der Waals surface area contributed by atoms with Gasteiger partial charge in [0.25, 0.3) is 0 Å². The number of hydrogen-bond acceptors (Lipinski definition) is 4. The van der Waals surface area contributed by atoms with Crippen LogP contribution in [-0.4, -0.2) is 19.8 Å². The molecule has 1 N–H and O–H groups in total. The maximum Gasteiger partial charge on any atom is 0.0932 e. The maximum atomic E-state index is 3.80. The number of aromatic nitrogens is 4. The topological polar surface area (TPSA) is 54.5 Å². The number of nitrogens with zero attached hydrogens (tertiary/aromatic N) is 3. The first kappa shape index (κ1) is 5.55. The van der Waals surface area contributed by atoms with Crippen molar-refractivity contribution in [2.45, 2.75) is 0 Å². The first-order valence-electron chi connectivity index (χ1n) is 2.74. The van der Waals surface area contributed by atoms with Crippen molar-refractivity contribution in [1.29, 1.82) is 0 Å². The predicted octanol–water partition coefficient (Wildman–Crippen LogP) is 0.928. The molecular formula is C5H4N4S. The molecule has 0 unspecified atom stereocenters. The van der Waals surface area contributed by atoms with Gasteiger partial charge < -0.3 is 0 Å². The maximum absolute atomic E-state index is 3.80. The second-order valence-corrected chi connectivity index (χ2v) is 2.54. The van der Waals surface area contributed by atoms with Crippen molar-refractivity contribution in [3.05, 3.63) is 18.5 Å². The van der Waals surface area contributed by atoms with Crippen LogP contribution < -0.4 is 0 Å². The van der Waals surface area contributed by atoms with Crippen LogP contribution in [-0.2, 0) is 0 Å². The molecular weight excluding hydrogens is 148 g/mol. The van der Waals surface area contributed by atoms with Gasteiger partial charge in [0, 0.05) is 6.20 Å². The minimum Gasteiger partial charge on any atom is -0.277 e. The van der Waals surface area contributed by atoms with Crippen LogP contribution in [0.5, 0.6) is 0 Å². The van der Waals surface area contributed by atoms with E-state index in [1.165, 1.54) is 11.5 Å². The Morgan fingerprint density at radius 2 is 2.50 bits per heavy atom. The summed E-state index contributed by atoms with van der Waals surface area (Å²) in [5.74, 6) is 0. The van der Waals surface area contributed by atoms with Gasteiger partial charge in [-0.2, -0.15) is 5.10 Å². The van der Waals surface area contributed by atoms with Crippen molar-refractivity contribution in [3.63, 3.8) is 0 Å². The van der Waals surface area contributed by atoms with Crippen molar-refractivity contribution in [2.24, 2.45) is 0 Å². The molecule has 0 amide bonds. The third-order valence-corrected chi connectivity index (χ3v) is 1.83. The Labute approximate surface area is 61.1 Å². The van der Waals surface area contributed by atoms with Gasteiger partial charge in [-0.3, -0.25) is 5.10 Å². The molecule has 2 aromatic heterocycles. The van der Waals surface area contributed by atoms with Crippen molar-refractivity contribution >= 4 is 11.5 Å². The molecule has 0 aliphatic carbocycles. The zero-order valence-corrected chi connectivity index (χ0v) is 5.80. The van der Waals surface area contributed by atoms with E-state index in [0.717, 1.165) is 10.6 Å². The fourth-order valence-electron chi connectivity index (χ4n) is 0.679. The summed E-state index contributed by atoms with van der Waals surface area (Å²) in [6.07, 6.45) is 3.41. The first-order valence-corrected chi connectivity index (χ1v) is 3.51. The SMILES string of the molecule is c1cc(-c2cnns2)[nH]n1. The normalized spacial score (nSPS) is 10.0. The van der Waals surface area contributed by atoms with E-state index >= 15 is 0 Å². The highest BCUT2D eigenvalue weighted by atomic mass is 32.1. The number of hydrogen-bond donors (Lipinski definition) is 1. The monoisotopic (exact) mass is 152 g/mol. The van der Waals surface area contributed by atoms with E-state index in [1.807, 2.05) is 6.07 Å². The zero-order chi connectivity index (χ0) is 6.81. The Kier molecular flexibility index (Phi) is 1.21. The van der Waals surface area contributed by atoms with Crippen LogP contribution in [0.25, 0.3) is 10.6 Å². The molecule has 2 aromatic rings. The Morgan fingerprint density at radius 3 is 3.10 bits per heavy atom. The molecule has 0 spiro atoms. The van der Waals surface area contributed by atoms with Gasteiger partial charge in [0.05, 0.1) is 16.8 Å². The summed E-state index contributed by atoms with van der Waals surface area (Å²) < 4.78 is 3.72. The summed E-state index contributed by atoms with van der Waals surface area (Å²) in [6, 6.07) is 1.88.